The molecule has 0 bridgehead atoms. The number of halogens is 4. The molecule has 0 atom stereocenters. The second-order valence-electron chi connectivity index (χ2n) is 8.00. The number of alkyl halides is 3. The van der Waals surface area contributed by atoms with E-state index in [-0.39, 0.29) is 22.4 Å². The Bertz CT molecular complexity index is 1410. The molecule has 0 spiro atoms. The van der Waals surface area contributed by atoms with Crippen LogP contribution in [-0.4, -0.2) is 34.1 Å². The molecule has 0 aliphatic carbocycles. The number of amides is 2. The second-order valence-corrected chi connectivity index (χ2v) is 9.42. The number of carbonyl (C=O) groups is 1. The van der Waals surface area contributed by atoms with E-state index < -0.39 is 17.8 Å². The zero-order chi connectivity index (χ0) is 26.0. The summed E-state index contributed by atoms with van der Waals surface area (Å²) in [5.41, 5.74) is 0.371. The van der Waals surface area contributed by atoms with Gasteiger partial charge in [0.2, 0.25) is 0 Å². The van der Waals surface area contributed by atoms with Gasteiger partial charge in [-0.2, -0.15) is 13.2 Å². The molecule has 8 nitrogen and oxygen atoms in total. The number of thiazole rings is 1. The smallest absolute Gasteiger partial charge is 0.416 e. The molecule has 0 saturated carbocycles. The number of benzene rings is 2. The van der Waals surface area contributed by atoms with E-state index in [1.165, 1.54) is 18.8 Å². The van der Waals surface area contributed by atoms with Crippen molar-refractivity contribution < 1.29 is 22.7 Å². The number of carbonyl (C=O) groups excluding carboxylic acids is 1. The minimum Gasteiger partial charge on any atom is -0.424 e. The largest absolute Gasteiger partial charge is 0.424 e. The summed E-state index contributed by atoms with van der Waals surface area (Å²) < 4.78 is 43.9. The third kappa shape index (κ3) is 5.92. The molecule has 1 saturated heterocycles. The van der Waals surface area contributed by atoms with Gasteiger partial charge in [0.15, 0.2) is 5.13 Å². The summed E-state index contributed by atoms with van der Waals surface area (Å²) in [6.45, 7) is 2.10. The van der Waals surface area contributed by atoms with Gasteiger partial charge in [0, 0.05) is 19.3 Å². The summed E-state index contributed by atoms with van der Waals surface area (Å²) in [6.07, 6.45) is 1.20. The van der Waals surface area contributed by atoms with Gasteiger partial charge in [-0.3, -0.25) is 0 Å². The van der Waals surface area contributed by atoms with Crippen molar-refractivity contribution in [2.45, 2.75) is 12.6 Å². The molecular weight excluding hydrogens is 529 g/mol. The number of anilines is 3. The Morgan fingerprint density at radius 2 is 1.73 bits per heavy atom. The quantitative estimate of drug-likeness (QED) is 0.273. The normalized spacial score (nSPS) is 13.1. The van der Waals surface area contributed by atoms with Crippen LogP contribution in [0.2, 0.25) is 5.02 Å². The summed E-state index contributed by atoms with van der Waals surface area (Å²) in [5.74, 6) is 0.534. The molecule has 1 fully saturated rings. The van der Waals surface area contributed by atoms with Crippen LogP contribution in [0.3, 0.4) is 0 Å². The zero-order valence-electron chi connectivity index (χ0n) is 18.9. The summed E-state index contributed by atoms with van der Waals surface area (Å²) >= 11 is 7.50. The first-order valence-corrected chi connectivity index (χ1v) is 12.2. The molecule has 0 radical (unpaired) electrons. The van der Waals surface area contributed by atoms with Gasteiger partial charge in [-0.25, -0.2) is 19.7 Å². The Kier molecular flexibility index (Phi) is 6.85. The van der Waals surface area contributed by atoms with Crippen LogP contribution in [-0.2, 0) is 6.18 Å². The summed E-state index contributed by atoms with van der Waals surface area (Å²) in [7, 11) is 0. The molecular formula is C24H18ClF3N6O2S. The Morgan fingerprint density at radius 1 is 1.00 bits per heavy atom. The lowest BCUT2D eigenvalue weighted by Crippen LogP contribution is -2.36. The molecule has 1 aliphatic heterocycles. The molecule has 37 heavy (non-hydrogen) atoms. The van der Waals surface area contributed by atoms with Gasteiger partial charge in [0.05, 0.1) is 39.2 Å². The Balaban J connectivity index is 1.16. The Labute approximate surface area is 218 Å². The van der Waals surface area contributed by atoms with Crippen LogP contribution < -0.4 is 20.3 Å². The number of urea groups is 1. The molecule has 0 unspecified atom stereocenters. The van der Waals surface area contributed by atoms with E-state index in [9.17, 15) is 18.0 Å². The number of aromatic nitrogens is 3. The van der Waals surface area contributed by atoms with Crippen LogP contribution in [0.25, 0.3) is 10.4 Å². The molecule has 4 aromatic rings. The van der Waals surface area contributed by atoms with E-state index >= 15 is 0 Å². The number of hydrogen-bond acceptors (Lipinski definition) is 7. The van der Waals surface area contributed by atoms with Gasteiger partial charge < -0.3 is 20.3 Å². The highest BCUT2D eigenvalue weighted by molar-refractivity contribution is 7.18. The van der Waals surface area contributed by atoms with Crippen LogP contribution in [0.15, 0.2) is 61.1 Å². The van der Waals surface area contributed by atoms with Crippen LogP contribution in [0.5, 0.6) is 11.8 Å². The lowest BCUT2D eigenvalue weighted by atomic mass is 10.2. The van der Waals surface area contributed by atoms with E-state index in [1.54, 1.807) is 23.5 Å². The second kappa shape index (κ2) is 10.2. The minimum absolute atomic E-state index is 0.0200. The maximum atomic E-state index is 12.8. The first-order valence-electron chi connectivity index (χ1n) is 11.0. The van der Waals surface area contributed by atoms with Crippen molar-refractivity contribution in [3.8, 4) is 22.2 Å². The summed E-state index contributed by atoms with van der Waals surface area (Å²) in [6, 6.07) is 9.43. The highest BCUT2D eigenvalue weighted by Crippen LogP contribution is 2.35. The molecule has 190 valence electrons. The first-order chi connectivity index (χ1) is 17.7. The summed E-state index contributed by atoms with van der Waals surface area (Å²) in [5, 5.41) is 5.64. The molecule has 2 amide bonds. The molecule has 13 heteroatoms. The maximum Gasteiger partial charge on any atom is 0.416 e. The minimum atomic E-state index is -4.53. The van der Waals surface area contributed by atoms with Crippen LogP contribution in [0.4, 0.5) is 34.5 Å². The number of rotatable bonds is 6. The van der Waals surface area contributed by atoms with E-state index in [2.05, 4.69) is 30.5 Å². The molecule has 5 rings (SSSR count). The average molecular weight is 547 g/mol. The van der Waals surface area contributed by atoms with E-state index in [0.717, 1.165) is 46.9 Å². The fraction of sp³-hybridized carbons (Fsp3) is 0.167. The topological polar surface area (TPSA) is 92.3 Å². The van der Waals surface area contributed by atoms with Gasteiger partial charge in [-0.1, -0.05) is 22.9 Å². The maximum absolute atomic E-state index is 12.8. The fourth-order valence-corrected chi connectivity index (χ4v) is 4.56. The molecule has 2 N–H and O–H groups in total. The van der Waals surface area contributed by atoms with Crippen LogP contribution in [0, 0.1) is 0 Å². The Hall–Kier alpha value is -3.90. The first kappa shape index (κ1) is 24.8. The van der Waals surface area contributed by atoms with E-state index in [1.807, 2.05) is 18.3 Å². The highest BCUT2D eigenvalue weighted by atomic mass is 35.5. The van der Waals surface area contributed by atoms with Gasteiger partial charge in [0.25, 0.3) is 0 Å². The van der Waals surface area contributed by atoms with Crippen LogP contribution >= 0.6 is 22.9 Å². The number of nitrogens with zero attached hydrogens (tertiary/aromatic N) is 4. The fourth-order valence-electron chi connectivity index (χ4n) is 3.36. The molecule has 2 aromatic carbocycles. The summed E-state index contributed by atoms with van der Waals surface area (Å²) in [4.78, 5) is 28.1. The van der Waals surface area contributed by atoms with Crippen LogP contribution in [0.1, 0.15) is 12.0 Å². The predicted octanol–water partition coefficient (Wildman–Crippen LogP) is 6.92. The van der Waals surface area contributed by atoms with Crippen molar-refractivity contribution in [1.29, 1.82) is 0 Å². The monoisotopic (exact) mass is 546 g/mol. The predicted molar refractivity (Wildman–Crippen MR) is 136 cm³/mol. The molecule has 2 aromatic heterocycles. The third-order valence-electron chi connectivity index (χ3n) is 5.40. The van der Waals surface area contributed by atoms with E-state index in [0.29, 0.717) is 5.75 Å². The van der Waals surface area contributed by atoms with Crippen molar-refractivity contribution in [2.75, 3.05) is 28.6 Å². The lowest BCUT2D eigenvalue weighted by molar-refractivity contribution is -0.137. The SMILES string of the molecule is O=C(Nc1cnc(Oc2ccc(-c3cnc(N4CCC4)s3)cc2)nc1)Nc1ccc(C(F)(F)F)cc1Cl. The number of nitrogens with one attached hydrogen (secondary N) is 2. The van der Waals surface area contributed by atoms with Crippen molar-refractivity contribution in [1.82, 2.24) is 15.0 Å². The van der Waals surface area contributed by atoms with Crippen molar-refractivity contribution in [3.63, 3.8) is 0 Å². The van der Waals surface area contributed by atoms with Gasteiger partial charge in [0.1, 0.15) is 5.75 Å². The van der Waals surface area contributed by atoms with Gasteiger partial charge in [-0.05, 0) is 54.4 Å². The van der Waals surface area contributed by atoms with Crippen molar-refractivity contribution in [3.05, 3.63) is 71.6 Å². The molecule has 3 heterocycles. The van der Waals surface area contributed by atoms with Gasteiger partial charge in [-0.15, -0.1) is 0 Å². The number of hydrogen-bond donors (Lipinski definition) is 2. The standard InChI is InChI=1S/C24H18ClF3N6O2S/c25-18-10-15(24(26,27)28)4-7-19(18)33-21(35)32-16-11-29-22(30-12-16)36-17-5-2-14(3-6-17)20-13-31-23(37-20)34-8-1-9-34/h2-7,10-13H,1,8-9H2,(H2,32,33,35). The molecule has 1 aliphatic rings. The zero-order valence-corrected chi connectivity index (χ0v) is 20.5. The Morgan fingerprint density at radius 3 is 2.35 bits per heavy atom. The average Bonchev–Trinajstić information content (AvgIpc) is 3.30. The highest BCUT2D eigenvalue weighted by Gasteiger charge is 2.31. The number of ether oxygens (including phenoxy) is 1. The lowest BCUT2D eigenvalue weighted by Gasteiger charge is -2.30. The third-order valence-corrected chi connectivity index (χ3v) is 6.82. The van der Waals surface area contributed by atoms with Crippen molar-refractivity contribution in [2.24, 2.45) is 0 Å². The van der Waals surface area contributed by atoms with Gasteiger partial charge >= 0.3 is 18.2 Å². The van der Waals surface area contributed by atoms with Crippen molar-refractivity contribution >= 4 is 45.5 Å². The van der Waals surface area contributed by atoms with E-state index in [4.69, 9.17) is 16.3 Å².